The molecule has 4 amide bonds. The van der Waals surface area contributed by atoms with Gasteiger partial charge in [-0.1, -0.05) is 40.5 Å². The fraction of sp³-hybridized carbons (Fsp3) is 0.579. The lowest BCUT2D eigenvalue weighted by molar-refractivity contribution is -0.141. The summed E-state index contributed by atoms with van der Waals surface area (Å²) in [6.45, 7) is 8.36. The Morgan fingerprint density at radius 1 is 0.662 bits per heavy atom. The molecule has 0 bridgehead atoms. The molecule has 10 atom stereocenters. The first kappa shape index (κ1) is 52.5. The van der Waals surface area contributed by atoms with Gasteiger partial charge in [-0.15, -0.1) is 0 Å². The Morgan fingerprint density at radius 2 is 1.17 bits per heavy atom. The number of likely N-dealkylation sites (tertiary alicyclic amines) is 2. The van der Waals surface area contributed by atoms with Crippen LogP contribution in [0, 0.1) is 46.9 Å². The Hall–Kier alpha value is -6.60. The Morgan fingerprint density at radius 3 is 1.64 bits per heavy atom. The van der Waals surface area contributed by atoms with Crippen LogP contribution in [-0.2, 0) is 14.3 Å². The molecule has 2 saturated carbocycles. The van der Waals surface area contributed by atoms with Gasteiger partial charge in [-0.05, 0) is 119 Å². The second-order valence-electron chi connectivity index (χ2n) is 23.3. The summed E-state index contributed by atoms with van der Waals surface area (Å²) in [5.74, 6) is -2.54. The number of benzene rings is 3. The number of likely N-dealkylation sites (N-methyl/N-ethyl adjacent to an activating group) is 1. The number of anilines is 2. The van der Waals surface area contributed by atoms with Crippen molar-refractivity contribution in [2.75, 3.05) is 37.0 Å². The minimum atomic E-state index is -1.21. The zero-order valence-corrected chi connectivity index (χ0v) is 44.6. The van der Waals surface area contributed by atoms with Crippen LogP contribution < -0.4 is 15.1 Å². The first-order valence-electron chi connectivity index (χ1n) is 27.8. The zero-order valence-electron chi connectivity index (χ0n) is 44.6. The molecule has 20 heteroatoms. The second-order valence-corrected chi connectivity index (χ2v) is 23.3. The molecule has 6 aliphatic rings. The summed E-state index contributed by atoms with van der Waals surface area (Å²) < 4.78 is 72.2. The number of nitrogens with one attached hydrogen (secondary N) is 3. The molecule has 16 nitrogen and oxygen atoms in total. The molecule has 4 saturated heterocycles. The van der Waals surface area contributed by atoms with E-state index in [4.69, 9.17) is 14.7 Å². The number of carboxylic acid groups (broad SMARTS) is 1. The van der Waals surface area contributed by atoms with Crippen molar-refractivity contribution in [3.05, 3.63) is 82.4 Å². The average molecular weight is 1070 g/mol. The van der Waals surface area contributed by atoms with Crippen LogP contribution in [0.1, 0.15) is 158 Å². The molecule has 11 rings (SSSR count). The molecule has 2 aromatic heterocycles. The quantitative estimate of drug-likeness (QED) is 0.0877. The van der Waals surface area contributed by atoms with E-state index < -0.39 is 71.7 Å². The Bertz CT molecular complexity index is 3080. The van der Waals surface area contributed by atoms with Crippen LogP contribution in [0.15, 0.2) is 36.4 Å². The molecule has 5 aromatic rings. The van der Waals surface area contributed by atoms with Crippen molar-refractivity contribution >= 4 is 57.4 Å². The Labute approximate surface area is 445 Å². The Balaban J connectivity index is 0.961. The van der Waals surface area contributed by atoms with Crippen molar-refractivity contribution in [2.24, 2.45) is 23.7 Å². The maximum atomic E-state index is 17.1. The van der Waals surface area contributed by atoms with Gasteiger partial charge in [0.25, 0.3) is 0 Å². The molecule has 2 aliphatic carbocycles. The van der Waals surface area contributed by atoms with Crippen molar-refractivity contribution in [3.63, 3.8) is 0 Å². The predicted molar refractivity (Wildman–Crippen MR) is 281 cm³/mol. The summed E-state index contributed by atoms with van der Waals surface area (Å²) in [4.78, 5) is 78.4. The van der Waals surface area contributed by atoms with Gasteiger partial charge in [-0.2, -0.15) is 0 Å². The topological polar surface area (TPSA) is 183 Å². The van der Waals surface area contributed by atoms with E-state index in [9.17, 15) is 24.3 Å². The average Bonchev–Trinajstić information content (AvgIpc) is 4.42. The van der Waals surface area contributed by atoms with Gasteiger partial charge < -0.3 is 44.7 Å². The van der Waals surface area contributed by atoms with Gasteiger partial charge in [0.05, 0.1) is 53.3 Å². The summed E-state index contributed by atoms with van der Waals surface area (Å²) in [6, 6.07) is 3.89. The minimum absolute atomic E-state index is 0.0655. The maximum Gasteiger partial charge on any atom is 0.407 e. The maximum absolute atomic E-state index is 17.1. The number of amides is 4. The van der Waals surface area contributed by atoms with Crippen molar-refractivity contribution in [1.29, 1.82) is 0 Å². The molecular formula is C57H70F4N10O6. The molecule has 0 unspecified atom stereocenters. The highest BCUT2D eigenvalue weighted by atomic mass is 19.1. The SMILES string of the molecule is COC(=O)N[C@H](C(=O)N1[C@H](c2nc3cc(F)c([C@H]4CC[C@H](c5cc6[nH]c([C@@H]7C[C@@H]8CCC[C@@H]8N7C(=O)[C@H](C(C)C)N(C)C(=O)O)nc6cc5F)N4c4cc(F)c(N5CCCCC5)c(F)c4)cc3[nH]2)C[C@@H]2CCC[C@@H]21)C(C)C. The van der Waals surface area contributed by atoms with E-state index in [-0.39, 0.29) is 82.9 Å². The van der Waals surface area contributed by atoms with Gasteiger partial charge in [0.1, 0.15) is 41.1 Å². The van der Waals surface area contributed by atoms with Crippen LogP contribution in [0.25, 0.3) is 22.1 Å². The van der Waals surface area contributed by atoms with E-state index >= 15 is 17.6 Å². The lowest BCUT2D eigenvalue weighted by atomic mass is 10.00. The number of imidazole rings is 2. The zero-order chi connectivity index (χ0) is 54.3. The number of fused-ring (bicyclic) bond motifs is 4. The van der Waals surface area contributed by atoms with Crippen LogP contribution in [0.2, 0.25) is 0 Å². The van der Waals surface area contributed by atoms with E-state index in [0.717, 1.165) is 62.7 Å². The number of aromatic amines is 2. The molecular weight excluding hydrogens is 997 g/mol. The van der Waals surface area contributed by atoms with Gasteiger partial charge >= 0.3 is 12.2 Å². The number of hydrogen-bond donors (Lipinski definition) is 4. The number of rotatable bonds is 12. The lowest BCUT2D eigenvalue weighted by Gasteiger charge is -2.36. The third-order valence-corrected chi connectivity index (χ3v) is 18.1. The van der Waals surface area contributed by atoms with Gasteiger partial charge in [-0.25, -0.2) is 37.1 Å². The number of carbonyl (C=O) groups is 4. The molecule has 6 fully saturated rings. The largest absolute Gasteiger partial charge is 0.465 e. The first-order valence-corrected chi connectivity index (χ1v) is 27.8. The normalized spacial score (nSPS) is 26.1. The van der Waals surface area contributed by atoms with Crippen molar-refractivity contribution in [3.8, 4) is 0 Å². The van der Waals surface area contributed by atoms with E-state index in [1.54, 1.807) is 21.9 Å². The Kier molecular flexibility index (Phi) is 14.1. The standard InChI is InChI=1S/C57H70F4N10O6/c1-28(2)49(66-56(74)77-6)54(72)70-43-14-10-12-30(43)20-47(70)52-62-39-24-33(35(58)26-41(39)64-52)45-16-17-46(69(45)32-22-37(60)51(38(61)23-32)68-18-8-7-9-19-68)34-25-40-42(27-36(34)59)65-53(63-40)48-21-31-13-11-15-44(31)71(48)55(73)50(29(3)4)67(5)57(75)76/h22-31,43-50H,7-21H2,1-6H3,(H,62,64)(H,63,65)(H,66,74)(H,75,76)/t30-,31-,43-,44-,45+,46+,47-,48-,49-,50-/m0/s1. The van der Waals surface area contributed by atoms with Gasteiger partial charge in [0, 0.05) is 61.2 Å². The number of H-pyrrole nitrogens is 2. The highest BCUT2D eigenvalue weighted by molar-refractivity contribution is 5.88. The van der Waals surface area contributed by atoms with Crippen molar-refractivity contribution in [1.82, 2.24) is 40.0 Å². The van der Waals surface area contributed by atoms with Crippen molar-refractivity contribution < 1.29 is 46.6 Å². The second kappa shape index (κ2) is 20.6. The fourth-order valence-corrected chi connectivity index (χ4v) is 14.6. The molecule has 0 spiro atoms. The number of carbonyl (C=O) groups excluding carboxylic acids is 3. The van der Waals surface area contributed by atoms with Crippen molar-refractivity contribution in [2.45, 2.75) is 160 Å². The van der Waals surface area contributed by atoms with Gasteiger partial charge in [-0.3, -0.25) is 14.5 Å². The summed E-state index contributed by atoms with van der Waals surface area (Å²) in [7, 11) is 2.66. The van der Waals surface area contributed by atoms with E-state index in [1.165, 1.54) is 38.4 Å². The minimum Gasteiger partial charge on any atom is -0.465 e. The molecule has 0 radical (unpaired) electrons. The third-order valence-electron chi connectivity index (χ3n) is 18.1. The van der Waals surface area contributed by atoms with Crippen LogP contribution in [0.5, 0.6) is 0 Å². The number of methoxy groups -OCH3 is 1. The molecule has 412 valence electrons. The van der Waals surface area contributed by atoms with Crippen LogP contribution in [-0.4, -0.2) is 115 Å². The van der Waals surface area contributed by atoms with Gasteiger partial charge in [0.2, 0.25) is 11.8 Å². The fourth-order valence-electron chi connectivity index (χ4n) is 14.6. The summed E-state index contributed by atoms with van der Waals surface area (Å²) in [5, 5.41) is 12.7. The van der Waals surface area contributed by atoms with E-state index in [2.05, 4.69) is 15.3 Å². The number of alkyl carbamates (subject to hydrolysis) is 1. The molecule has 4 N–H and O–H groups in total. The lowest BCUT2D eigenvalue weighted by Crippen LogP contribution is -2.53. The number of aromatic nitrogens is 4. The molecule has 4 aliphatic heterocycles. The smallest absolute Gasteiger partial charge is 0.407 e. The van der Waals surface area contributed by atoms with E-state index in [0.29, 0.717) is 59.6 Å². The number of hydrogen-bond acceptors (Lipinski definition) is 9. The highest BCUT2D eigenvalue weighted by Crippen LogP contribution is 2.52. The number of halogens is 4. The number of ether oxygens (including phenoxy) is 1. The van der Waals surface area contributed by atoms with Crippen LogP contribution >= 0.6 is 0 Å². The van der Waals surface area contributed by atoms with Crippen LogP contribution in [0.4, 0.5) is 38.5 Å². The van der Waals surface area contributed by atoms with E-state index in [1.807, 2.05) is 37.5 Å². The third kappa shape index (κ3) is 9.27. The summed E-state index contributed by atoms with van der Waals surface area (Å²) >= 11 is 0. The highest BCUT2D eigenvalue weighted by Gasteiger charge is 2.52. The number of nitrogens with zero attached hydrogens (tertiary/aromatic N) is 7. The summed E-state index contributed by atoms with van der Waals surface area (Å²) in [5.41, 5.74) is 2.02. The molecule has 6 heterocycles. The number of piperidine rings is 1. The first-order chi connectivity index (χ1) is 36.9. The summed E-state index contributed by atoms with van der Waals surface area (Å²) in [6.07, 6.45) is 7.75. The predicted octanol–water partition coefficient (Wildman–Crippen LogP) is 11.0. The molecule has 3 aromatic carbocycles. The monoisotopic (exact) mass is 1070 g/mol. The van der Waals surface area contributed by atoms with Crippen LogP contribution in [0.3, 0.4) is 0 Å². The van der Waals surface area contributed by atoms with Gasteiger partial charge in [0.15, 0.2) is 11.6 Å². The molecule has 77 heavy (non-hydrogen) atoms.